The van der Waals surface area contributed by atoms with Crippen molar-refractivity contribution >= 4 is 33.2 Å². The monoisotopic (exact) mass is 318 g/mol. The van der Waals surface area contributed by atoms with Gasteiger partial charge in [0.05, 0.1) is 6.54 Å². The molecule has 1 rings (SSSR count). The minimum absolute atomic E-state index is 0.120. The standard InChI is InChI=1S/C12H19BrN2OS/c1-9(4-6-14)2-3-12(16)15-8-11-10(13)5-7-17-11/h5,7,9H,2-4,6,8,14H2,1H3,(H,15,16). The van der Waals surface area contributed by atoms with Crippen molar-refractivity contribution in [3.05, 3.63) is 20.8 Å². The Balaban J connectivity index is 2.20. The molecule has 17 heavy (non-hydrogen) atoms. The molecule has 0 bridgehead atoms. The van der Waals surface area contributed by atoms with Crippen LogP contribution >= 0.6 is 27.3 Å². The molecule has 96 valence electrons. The van der Waals surface area contributed by atoms with E-state index in [4.69, 9.17) is 5.73 Å². The average Bonchev–Trinajstić information content (AvgIpc) is 2.70. The van der Waals surface area contributed by atoms with Gasteiger partial charge in [0.25, 0.3) is 0 Å². The molecule has 0 saturated carbocycles. The molecule has 1 amide bonds. The van der Waals surface area contributed by atoms with E-state index in [-0.39, 0.29) is 5.91 Å². The molecule has 0 aromatic carbocycles. The van der Waals surface area contributed by atoms with Crippen molar-refractivity contribution in [3.8, 4) is 0 Å². The van der Waals surface area contributed by atoms with Crippen molar-refractivity contribution in [2.24, 2.45) is 11.7 Å². The highest BCUT2D eigenvalue weighted by molar-refractivity contribution is 9.10. The van der Waals surface area contributed by atoms with Crippen LogP contribution in [0, 0.1) is 5.92 Å². The maximum Gasteiger partial charge on any atom is 0.220 e. The second kappa shape index (κ2) is 7.84. The van der Waals surface area contributed by atoms with E-state index in [1.807, 2.05) is 11.4 Å². The normalized spacial score (nSPS) is 12.4. The number of nitrogens with two attached hydrogens (primary N) is 1. The van der Waals surface area contributed by atoms with E-state index < -0.39 is 0 Å². The number of rotatable bonds is 7. The van der Waals surface area contributed by atoms with Crippen LogP contribution in [0.5, 0.6) is 0 Å². The van der Waals surface area contributed by atoms with Crippen molar-refractivity contribution in [2.75, 3.05) is 6.54 Å². The van der Waals surface area contributed by atoms with Crippen molar-refractivity contribution in [2.45, 2.75) is 32.7 Å². The minimum atomic E-state index is 0.120. The van der Waals surface area contributed by atoms with Crippen LogP contribution in [-0.2, 0) is 11.3 Å². The number of carbonyl (C=O) groups is 1. The van der Waals surface area contributed by atoms with Crippen LogP contribution in [0.4, 0.5) is 0 Å². The molecule has 1 unspecified atom stereocenters. The highest BCUT2D eigenvalue weighted by Crippen LogP contribution is 2.22. The second-order valence-corrected chi connectivity index (χ2v) is 6.04. The lowest BCUT2D eigenvalue weighted by molar-refractivity contribution is -0.121. The molecule has 0 radical (unpaired) electrons. The van der Waals surface area contributed by atoms with Crippen LogP contribution in [0.15, 0.2) is 15.9 Å². The number of nitrogens with one attached hydrogen (secondary N) is 1. The summed E-state index contributed by atoms with van der Waals surface area (Å²) in [5.41, 5.74) is 5.47. The maximum atomic E-state index is 11.6. The van der Waals surface area contributed by atoms with Gasteiger partial charge in [-0.1, -0.05) is 6.92 Å². The summed E-state index contributed by atoms with van der Waals surface area (Å²) < 4.78 is 1.07. The van der Waals surface area contributed by atoms with Crippen molar-refractivity contribution in [1.82, 2.24) is 5.32 Å². The van der Waals surface area contributed by atoms with Gasteiger partial charge in [-0.2, -0.15) is 0 Å². The van der Waals surface area contributed by atoms with Gasteiger partial charge in [-0.25, -0.2) is 0 Å². The molecule has 0 aliphatic heterocycles. The van der Waals surface area contributed by atoms with E-state index in [2.05, 4.69) is 28.2 Å². The van der Waals surface area contributed by atoms with Gasteiger partial charge in [-0.3, -0.25) is 4.79 Å². The van der Waals surface area contributed by atoms with E-state index in [1.165, 1.54) is 0 Å². The van der Waals surface area contributed by atoms with Crippen LogP contribution in [0.2, 0.25) is 0 Å². The van der Waals surface area contributed by atoms with Gasteiger partial charge in [0.15, 0.2) is 0 Å². The maximum absolute atomic E-state index is 11.6. The fourth-order valence-electron chi connectivity index (χ4n) is 1.52. The van der Waals surface area contributed by atoms with Crippen LogP contribution in [0.3, 0.4) is 0 Å². The van der Waals surface area contributed by atoms with Crippen molar-refractivity contribution < 1.29 is 4.79 Å². The second-order valence-electron chi connectivity index (χ2n) is 4.19. The first kappa shape index (κ1) is 14.7. The summed E-state index contributed by atoms with van der Waals surface area (Å²) in [6.45, 7) is 3.45. The molecule has 1 heterocycles. The highest BCUT2D eigenvalue weighted by atomic mass is 79.9. The Kier molecular flexibility index (Phi) is 6.77. The van der Waals surface area contributed by atoms with E-state index in [9.17, 15) is 4.79 Å². The number of halogens is 1. The van der Waals surface area contributed by atoms with Gasteiger partial charge < -0.3 is 11.1 Å². The zero-order valence-corrected chi connectivity index (χ0v) is 12.4. The van der Waals surface area contributed by atoms with Gasteiger partial charge in [-0.05, 0) is 52.7 Å². The summed E-state index contributed by atoms with van der Waals surface area (Å²) in [5.74, 6) is 0.647. The summed E-state index contributed by atoms with van der Waals surface area (Å²) >= 11 is 5.09. The molecule has 1 aromatic rings. The largest absolute Gasteiger partial charge is 0.351 e. The zero-order valence-electron chi connectivity index (χ0n) is 10.0. The molecule has 0 aliphatic rings. The summed E-state index contributed by atoms with van der Waals surface area (Å²) in [7, 11) is 0. The van der Waals surface area contributed by atoms with Crippen molar-refractivity contribution in [1.29, 1.82) is 0 Å². The SMILES string of the molecule is CC(CCN)CCC(=O)NCc1sccc1Br. The summed E-state index contributed by atoms with van der Waals surface area (Å²) in [4.78, 5) is 12.8. The molecule has 0 aliphatic carbocycles. The molecule has 0 spiro atoms. The molecule has 1 atom stereocenters. The number of hydrogen-bond donors (Lipinski definition) is 2. The Bertz CT molecular complexity index is 354. The van der Waals surface area contributed by atoms with Gasteiger partial charge in [-0.15, -0.1) is 11.3 Å². The smallest absolute Gasteiger partial charge is 0.220 e. The van der Waals surface area contributed by atoms with Gasteiger partial charge in [0, 0.05) is 15.8 Å². The lowest BCUT2D eigenvalue weighted by atomic mass is 10.0. The fraction of sp³-hybridized carbons (Fsp3) is 0.583. The first-order chi connectivity index (χ1) is 8.13. The highest BCUT2D eigenvalue weighted by Gasteiger charge is 2.07. The number of thiophene rings is 1. The lowest BCUT2D eigenvalue weighted by Crippen LogP contribution is -2.22. The number of hydrogen-bond acceptors (Lipinski definition) is 3. The lowest BCUT2D eigenvalue weighted by Gasteiger charge is -2.09. The molecular formula is C12H19BrN2OS. The summed E-state index contributed by atoms with van der Waals surface area (Å²) in [5, 5.41) is 4.94. The van der Waals surface area contributed by atoms with E-state index in [1.54, 1.807) is 11.3 Å². The molecule has 3 N–H and O–H groups in total. The Morgan fingerprint density at radius 2 is 2.35 bits per heavy atom. The van der Waals surface area contributed by atoms with Gasteiger partial charge >= 0.3 is 0 Å². The van der Waals surface area contributed by atoms with Crippen molar-refractivity contribution in [3.63, 3.8) is 0 Å². The summed E-state index contributed by atoms with van der Waals surface area (Å²) in [6, 6.07) is 2.00. The predicted molar refractivity (Wildman–Crippen MR) is 75.9 cm³/mol. The Hall–Kier alpha value is -0.390. The quantitative estimate of drug-likeness (QED) is 0.812. The third-order valence-electron chi connectivity index (χ3n) is 2.66. The zero-order chi connectivity index (χ0) is 12.7. The minimum Gasteiger partial charge on any atom is -0.351 e. The Morgan fingerprint density at radius 3 is 2.94 bits per heavy atom. The van der Waals surface area contributed by atoms with E-state index in [0.29, 0.717) is 25.4 Å². The predicted octanol–water partition coefficient (Wildman–Crippen LogP) is 2.89. The number of amides is 1. The first-order valence-corrected chi connectivity index (χ1v) is 7.49. The van der Waals surface area contributed by atoms with Crippen LogP contribution in [0.25, 0.3) is 0 Å². The molecule has 0 saturated heterocycles. The van der Waals surface area contributed by atoms with E-state index >= 15 is 0 Å². The Labute approximate surface area is 115 Å². The summed E-state index contributed by atoms with van der Waals surface area (Å²) in [6.07, 6.45) is 2.49. The van der Waals surface area contributed by atoms with Gasteiger partial charge in [0.1, 0.15) is 0 Å². The van der Waals surface area contributed by atoms with Gasteiger partial charge in [0.2, 0.25) is 5.91 Å². The Morgan fingerprint density at radius 1 is 1.59 bits per heavy atom. The van der Waals surface area contributed by atoms with Crippen LogP contribution in [-0.4, -0.2) is 12.5 Å². The van der Waals surface area contributed by atoms with E-state index in [0.717, 1.165) is 22.2 Å². The molecular weight excluding hydrogens is 300 g/mol. The molecule has 5 heteroatoms. The topological polar surface area (TPSA) is 55.1 Å². The molecule has 3 nitrogen and oxygen atoms in total. The fourth-order valence-corrected chi connectivity index (χ4v) is 2.96. The van der Waals surface area contributed by atoms with Crippen LogP contribution < -0.4 is 11.1 Å². The van der Waals surface area contributed by atoms with Crippen LogP contribution in [0.1, 0.15) is 31.1 Å². The first-order valence-electron chi connectivity index (χ1n) is 5.82. The molecule has 1 aromatic heterocycles. The molecule has 0 fully saturated rings. The third kappa shape index (κ3) is 5.66. The average molecular weight is 319 g/mol. The third-order valence-corrected chi connectivity index (χ3v) is 4.59. The number of carbonyl (C=O) groups excluding carboxylic acids is 1.